The summed E-state index contributed by atoms with van der Waals surface area (Å²) < 4.78 is 0. The highest BCUT2D eigenvalue weighted by Gasteiger charge is 2.25. The number of nitrogens with zero attached hydrogens (tertiary/aromatic N) is 2. The lowest BCUT2D eigenvalue weighted by Gasteiger charge is -2.26. The second kappa shape index (κ2) is 6.34. The number of hydrogen-bond donors (Lipinski definition) is 1. The number of anilines is 1. The van der Waals surface area contributed by atoms with Gasteiger partial charge in [0.15, 0.2) is 5.13 Å². The molecule has 0 fully saturated rings. The summed E-state index contributed by atoms with van der Waals surface area (Å²) in [6.45, 7) is 6.44. The number of carbonyl (C=O) groups is 2. The van der Waals surface area contributed by atoms with Gasteiger partial charge in [-0.05, 0) is 19.1 Å². The summed E-state index contributed by atoms with van der Waals surface area (Å²) in [5.41, 5.74) is 2.10. The monoisotopic (exact) mass is 327 g/mol. The zero-order valence-electron chi connectivity index (χ0n) is 12.8. The average Bonchev–Trinajstić information content (AvgIpc) is 2.96. The van der Waals surface area contributed by atoms with E-state index in [-0.39, 0.29) is 11.8 Å². The van der Waals surface area contributed by atoms with Crippen molar-refractivity contribution in [1.82, 2.24) is 9.88 Å². The van der Waals surface area contributed by atoms with Crippen LogP contribution in [0, 0.1) is 0 Å². The third-order valence-corrected chi connectivity index (χ3v) is 4.65. The van der Waals surface area contributed by atoms with E-state index in [2.05, 4.69) is 16.9 Å². The van der Waals surface area contributed by atoms with E-state index in [9.17, 15) is 9.59 Å². The molecule has 5 nitrogen and oxygen atoms in total. The predicted molar refractivity (Wildman–Crippen MR) is 90.4 cm³/mol. The molecule has 2 amide bonds. The quantitative estimate of drug-likeness (QED) is 0.882. The molecule has 3 rings (SSSR count). The summed E-state index contributed by atoms with van der Waals surface area (Å²) in [6, 6.07) is 9.26. The van der Waals surface area contributed by atoms with Crippen LogP contribution in [0.4, 0.5) is 5.13 Å². The first-order chi connectivity index (χ1) is 11.0. The van der Waals surface area contributed by atoms with Crippen LogP contribution in [0.15, 0.2) is 42.5 Å². The van der Waals surface area contributed by atoms with Gasteiger partial charge in [-0.3, -0.25) is 14.9 Å². The third-order valence-electron chi connectivity index (χ3n) is 3.65. The van der Waals surface area contributed by atoms with Gasteiger partial charge in [0.25, 0.3) is 11.8 Å². The fourth-order valence-electron chi connectivity index (χ4n) is 2.39. The standard InChI is InChI=1S/C17H17N3O2S/c1-11(2)15(21)19-17-18-13-8-9-20(10-14(13)23-17)16(22)12-6-4-3-5-7-12/h3-7H,1,8-10H2,2H3,(H,18,19,21). The highest BCUT2D eigenvalue weighted by Crippen LogP contribution is 2.29. The van der Waals surface area contributed by atoms with Crippen LogP contribution in [-0.2, 0) is 17.8 Å². The number of fused-ring (bicyclic) bond motifs is 1. The van der Waals surface area contributed by atoms with Gasteiger partial charge in [0.05, 0.1) is 12.2 Å². The number of nitrogens with one attached hydrogen (secondary N) is 1. The van der Waals surface area contributed by atoms with Crippen LogP contribution in [0.1, 0.15) is 27.9 Å². The molecule has 0 spiro atoms. The summed E-state index contributed by atoms with van der Waals surface area (Å²) in [6.07, 6.45) is 0.702. The lowest BCUT2D eigenvalue weighted by Crippen LogP contribution is -2.35. The van der Waals surface area contributed by atoms with Crippen LogP contribution in [0.25, 0.3) is 0 Å². The first kappa shape index (κ1) is 15.4. The first-order valence-corrected chi connectivity index (χ1v) is 8.16. The summed E-state index contributed by atoms with van der Waals surface area (Å²) in [5, 5.41) is 3.31. The van der Waals surface area contributed by atoms with Crippen LogP contribution in [0.2, 0.25) is 0 Å². The normalized spacial score (nSPS) is 13.3. The molecule has 1 aliphatic rings. The molecule has 0 atom stereocenters. The Morgan fingerprint density at radius 2 is 2.04 bits per heavy atom. The van der Waals surface area contributed by atoms with E-state index in [4.69, 9.17) is 0 Å². The van der Waals surface area contributed by atoms with Gasteiger partial charge in [-0.2, -0.15) is 0 Å². The fraction of sp³-hybridized carbons (Fsp3) is 0.235. The SMILES string of the molecule is C=C(C)C(=O)Nc1nc2c(s1)CN(C(=O)c1ccccc1)CC2. The Bertz CT molecular complexity index is 767. The van der Waals surface area contributed by atoms with Crippen LogP contribution >= 0.6 is 11.3 Å². The van der Waals surface area contributed by atoms with Crippen molar-refractivity contribution in [1.29, 1.82) is 0 Å². The van der Waals surface area contributed by atoms with Gasteiger partial charge in [-0.1, -0.05) is 36.1 Å². The van der Waals surface area contributed by atoms with Gasteiger partial charge in [0.2, 0.25) is 0 Å². The maximum atomic E-state index is 12.5. The Kier molecular flexibility index (Phi) is 4.25. The van der Waals surface area contributed by atoms with Crippen molar-refractivity contribution in [2.45, 2.75) is 19.9 Å². The van der Waals surface area contributed by atoms with Gasteiger partial charge < -0.3 is 4.90 Å². The minimum atomic E-state index is -0.228. The molecule has 0 aliphatic carbocycles. The molecular weight excluding hydrogens is 310 g/mol. The molecule has 0 bridgehead atoms. The maximum Gasteiger partial charge on any atom is 0.254 e. The third kappa shape index (κ3) is 3.32. The summed E-state index contributed by atoms with van der Waals surface area (Å²) in [5.74, 6) is -0.203. The van der Waals surface area contributed by atoms with E-state index in [0.717, 1.165) is 10.6 Å². The number of thiazole rings is 1. The fourth-order valence-corrected chi connectivity index (χ4v) is 3.41. The second-order valence-corrected chi connectivity index (χ2v) is 6.55. The smallest absolute Gasteiger partial charge is 0.254 e. The van der Waals surface area contributed by atoms with Gasteiger partial charge in [-0.25, -0.2) is 4.98 Å². The van der Waals surface area contributed by atoms with E-state index in [1.54, 1.807) is 6.92 Å². The number of hydrogen-bond acceptors (Lipinski definition) is 4. The molecule has 1 N–H and O–H groups in total. The Labute approximate surface area is 138 Å². The molecule has 0 unspecified atom stereocenters. The van der Waals surface area contributed by atoms with E-state index in [1.807, 2.05) is 35.2 Å². The molecule has 0 saturated carbocycles. The lowest BCUT2D eigenvalue weighted by molar-refractivity contribution is -0.112. The van der Waals surface area contributed by atoms with Crippen LogP contribution < -0.4 is 5.32 Å². The Hall–Kier alpha value is -2.47. The van der Waals surface area contributed by atoms with E-state index < -0.39 is 0 Å². The van der Waals surface area contributed by atoms with Crippen molar-refractivity contribution in [3.8, 4) is 0 Å². The van der Waals surface area contributed by atoms with Crippen molar-refractivity contribution in [3.63, 3.8) is 0 Å². The molecule has 0 saturated heterocycles. The number of aromatic nitrogens is 1. The molecule has 1 aromatic heterocycles. The van der Waals surface area contributed by atoms with E-state index in [1.165, 1.54) is 11.3 Å². The van der Waals surface area contributed by atoms with Gasteiger partial charge in [0.1, 0.15) is 0 Å². The molecule has 2 heterocycles. The largest absolute Gasteiger partial charge is 0.333 e. The highest BCUT2D eigenvalue weighted by atomic mass is 32.1. The van der Waals surface area contributed by atoms with Crippen LogP contribution in [-0.4, -0.2) is 28.2 Å². The second-order valence-electron chi connectivity index (χ2n) is 5.47. The van der Waals surface area contributed by atoms with Crippen molar-refractivity contribution in [3.05, 3.63) is 58.6 Å². The zero-order valence-corrected chi connectivity index (χ0v) is 13.7. The molecule has 118 valence electrons. The van der Waals surface area contributed by atoms with Gasteiger partial charge in [-0.15, -0.1) is 0 Å². The summed E-state index contributed by atoms with van der Waals surface area (Å²) >= 11 is 1.42. The highest BCUT2D eigenvalue weighted by molar-refractivity contribution is 7.15. The molecule has 1 aromatic carbocycles. The van der Waals surface area contributed by atoms with Crippen LogP contribution in [0.5, 0.6) is 0 Å². The summed E-state index contributed by atoms with van der Waals surface area (Å²) in [7, 11) is 0. The minimum Gasteiger partial charge on any atom is -0.333 e. The Morgan fingerprint density at radius 1 is 1.30 bits per heavy atom. The molecule has 1 aliphatic heterocycles. The first-order valence-electron chi connectivity index (χ1n) is 7.34. The Morgan fingerprint density at radius 3 is 2.74 bits per heavy atom. The number of amides is 2. The zero-order chi connectivity index (χ0) is 16.4. The number of benzene rings is 1. The van der Waals surface area contributed by atoms with Crippen molar-refractivity contribution >= 4 is 28.3 Å². The number of rotatable bonds is 3. The number of carbonyl (C=O) groups excluding carboxylic acids is 2. The van der Waals surface area contributed by atoms with Crippen LogP contribution in [0.3, 0.4) is 0 Å². The van der Waals surface area contributed by atoms with Gasteiger partial charge >= 0.3 is 0 Å². The Balaban J connectivity index is 1.74. The van der Waals surface area contributed by atoms with E-state index >= 15 is 0 Å². The molecule has 6 heteroatoms. The van der Waals surface area contributed by atoms with Crippen molar-refractivity contribution in [2.24, 2.45) is 0 Å². The average molecular weight is 327 g/mol. The molecular formula is C17H17N3O2S. The summed E-state index contributed by atoms with van der Waals surface area (Å²) in [4.78, 5) is 31.5. The van der Waals surface area contributed by atoms with E-state index in [0.29, 0.717) is 35.8 Å². The van der Waals surface area contributed by atoms with Crippen molar-refractivity contribution < 1.29 is 9.59 Å². The molecule has 23 heavy (non-hydrogen) atoms. The molecule has 0 radical (unpaired) electrons. The lowest BCUT2D eigenvalue weighted by atomic mass is 10.1. The predicted octanol–water partition coefficient (Wildman–Crippen LogP) is 2.86. The maximum absolute atomic E-state index is 12.5. The molecule has 2 aromatic rings. The van der Waals surface area contributed by atoms with Crippen molar-refractivity contribution in [2.75, 3.05) is 11.9 Å². The topological polar surface area (TPSA) is 62.3 Å². The minimum absolute atomic E-state index is 0.0252. The van der Waals surface area contributed by atoms with Gasteiger partial charge in [0, 0.05) is 29.0 Å².